The molecule has 2 nitrogen and oxygen atoms in total. The minimum absolute atomic E-state index is 0.289. The standard InChI is InChI=1S/C13H21FN2/c1-3-4-5-6-10(2)16-13-8-11(14)7-12(15)9-13/h7-10,16H,3-6,15H2,1-2H3. The molecular weight excluding hydrogens is 203 g/mol. The third kappa shape index (κ3) is 4.51. The maximum Gasteiger partial charge on any atom is 0.127 e. The molecule has 0 aliphatic carbocycles. The molecule has 3 N–H and O–H groups in total. The number of halogens is 1. The Morgan fingerprint density at radius 2 is 2.06 bits per heavy atom. The van der Waals surface area contributed by atoms with Crippen LogP contribution in [0.4, 0.5) is 15.8 Å². The highest BCUT2D eigenvalue weighted by atomic mass is 19.1. The molecule has 0 aliphatic rings. The zero-order chi connectivity index (χ0) is 12.0. The predicted octanol–water partition coefficient (Wildman–Crippen LogP) is 3.79. The lowest BCUT2D eigenvalue weighted by Crippen LogP contribution is -2.15. The number of anilines is 2. The molecule has 0 amide bonds. The molecule has 1 rings (SSSR count). The first-order chi connectivity index (χ1) is 7.61. The molecule has 0 spiro atoms. The molecule has 3 heteroatoms. The van der Waals surface area contributed by atoms with Gasteiger partial charge < -0.3 is 11.1 Å². The van der Waals surface area contributed by atoms with E-state index in [1.165, 1.54) is 31.4 Å². The normalized spacial score (nSPS) is 12.4. The number of rotatable bonds is 6. The number of benzene rings is 1. The second-order valence-electron chi connectivity index (χ2n) is 4.31. The largest absolute Gasteiger partial charge is 0.399 e. The summed E-state index contributed by atoms with van der Waals surface area (Å²) in [5.74, 6) is -0.289. The lowest BCUT2D eigenvalue weighted by molar-refractivity contribution is 0.611. The number of hydrogen-bond acceptors (Lipinski definition) is 2. The van der Waals surface area contributed by atoms with Crippen molar-refractivity contribution in [1.29, 1.82) is 0 Å². The Morgan fingerprint density at radius 3 is 2.69 bits per heavy atom. The number of nitrogens with two attached hydrogens (primary N) is 1. The zero-order valence-corrected chi connectivity index (χ0v) is 10.1. The van der Waals surface area contributed by atoms with Crippen LogP contribution in [-0.4, -0.2) is 6.04 Å². The lowest BCUT2D eigenvalue weighted by Gasteiger charge is -2.15. The molecule has 1 unspecified atom stereocenters. The van der Waals surface area contributed by atoms with E-state index in [1.54, 1.807) is 6.07 Å². The summed E-state index contributed by atoms with van der Waals surface area (Å²) >= 11 is 0. The van der Waals surface area contributed by atoms with Crippen molar-refractivity contribution in [3.8, 4) is 0 Å². The third-order valence-corrected chi connectivity index (χ3v) is 2.57. The number of nitrogens with one attached hydrogen (secondary N) is 1. The average Bonchev–Trinajstić information content (AvgIpc) is 2.16. The first kappa shape index (κ1) is 12.8. The molecule has 0 saturated carbocycles. The van der Waals surface area contributed by atoms with Crippen molar-refractivity contribution in [2.45, 2.75) is 45.6 Å². The smallest absolute Gasteiger partial charge is 0.127 e. The molecule has 0 aromatic heterocycles. The van der Waals surface area contributed by atoms with Crippen LogP contribution in [-0.2, 0) is 0 Å². The highest BCUT2D eigenvalue weighted by Crippen LogP contribution is 2.17. The van der Waals surface area contributed by atoms with Gasteiger partial charge in [-0.3, -0.25) is 0 Å². The van der Waals surface area contributed by atoms with Crippen LogP contribution in [0, 0.1) is 5.82 Å². The van der Waals surface area contributed by atoms with Crippen molar-refractivity contribution in [2.75, 3.05) is 11.1 Å². The van der Waals surface area contributed by atoms with Gasteiger partial charge in [-0.25, -0.2) is 4.39 Å². The van der Waals surface area contributed by atoms with Gasteiger partial charge in [0.15, 0.2) is 0 Å². The van der Waals surface area contributed by atoms with Gasteiger partial charge in [0.1, 0.15) is 5.82 Å². The summed E-state index contributed by atoms with van der Waals surface area (Å²) in [5.41, 5.74) is 6.80. The quantitative estimate of drug-likeness (QED) is 0.570. The molecule has 0 saturated heterocycles. The van der Waals surface area contributed by atoms with Gasteiger partial charge in [-0.05, 0) is 31.5 Å². The maximum atomic E-state index is 13.1. The van der Waals surface area contributed by atoms with E-state index < -0.39 is 0 Å². The van der Waals surface area contributed by atoms with Gasteiger partial charge in [-0.15, -0.1) is 0 Å². The Morgan fingerprint density at radius 1 is 1.31 bits per heavy atom. The van der Waals surface area contributed by atoms with Crippen LogP contribution in [0.15, 0.2) is 18.2 Å². The second-order valence-corrected chi connectivity index (χ2v) is 4.31. The Kier molecular flexibility index (Phi) is 5.09. The van der Waals surface area contributed by atoms with E-state index in [0.29, 0.717) is 11.7 Å². The summed E-state index contributed by atoms with van der Waals surface area (Å²) in [4.78, 5) is 0. The van der Waals surface area contributed by atoms with E-state index in [1.807, 2.05) is 0 Å². The Balaban J connectivity index is 2.45. The molecule has 0 radical (unpaired) electrons. The van der Waals surface area contributed by atoms with E-state index in [2.05, 4.69) is 19.2 Å². The molecular formula is C13H21FN2. The van der Waals surface area contributed by atoms with Crippen molar-refractivity contribution in [3.05, 3.63) is 24.0 Å². The molecule has 0 bridgehead atoms. The highest BCUT2D eigenvalue weighted by Gasteiger charge is 2.03. The number of hydrogen-bond donors (Lipinski definition) is 2. The first-order valence-electron chi connectivity index (χ1n) is 5.94. The van der Waals surface area contributed by atoms with Crippen LogP contribution in [0.5, 0.6) is 0 Å². The van der Waals surface area contributed by atoms with Gasteiger partial charge in [-0.1, -0.05) is 26.2 Å². The summed E-state index contributed by atoms with van der Waals surface area (Å²) in [6, 6.07) is 4.92. The van der Waals surface area contributed by atoms with Crippen molar-refractivity contribution >= 4 is 11.4 Å². The second kappa shape index (κ2) is 6.36. The maximum absolute atomic E-state index is 13.1. The van der Waals surface area contributed by atoms with E-state index >= 15 is 0 Å². The van der Waals surface area contributed by atoms with Gasteiger partial charge in [0.05, 0.1) is 0 Å². The molecule has 16 heavy (non-hydrogen) atoms. The van der Waals surface area contributed by atoms with Crippen LogP contribution < -0.4 is 11.1 Å². The van der Waals surface area contributed by atoms with Crippen molar-refractivity contribution in [1.82, 2.24) is 0 Å². The third-order valence-electron chi connectivity index (χ3n) is 2.57. The van der Waals surface area contributed by atoms with Crippen molar-refractivity contribution < 1.29 is 4.39 Å². The summed E-state index contributed by atoms with van der Waals surface area (Å²) in [7, 11) is 0. The zero-order valence-electron chi connectivity index (χ0n) is 10.1. The summed E-state index contributed by atoms with van der Waals surface area (Å²) in [6.45, 7) is 4.29. The van der Waals surface area contributed by atoms with Crippen LogP contribution in [0.1, 0.15) is 39.5 Å². The molecule has 0 fully saturated rings. The molecule has 0 aliphatic heterocycles. The van der Waals surface area contributed by atoms with Gasteiger partial charge in [0.2, 0.25) is 0 Å². The van der Waals surface area contributed by atoms with Crippen LogP contribution in [0.25, 0.3) is 0 Å². The minimum atomic E-state index is -0.289. The molecule has 1 aromatic carbocycles. The van der Waals surface area contributed by atoms with E-state index in [0.717, 1.165) is 12.1 Å². The van der Waals surface area contributed by atoms with E-state index in [9.17, 15) is 4.39 Å². The fourth-order valence-electron chi connectivity index (χ4n) is 1.75. The number of nitrogen functional groups attached to an aromatic ring is 1. The van der Waals surface area contributed by atoms with Gasteiger partial charge in [-0.2, -0.15) is 0 Å². The fraction of sp³-hybridized carbons (Fsp3) is 0.538. The minimum Gasteiger partial charge on any atom is -0.399 e. The summed E-state index contributed by atoms with van der Waals surface area (Å²) in [6.07, 6.45) is 4.77. The monoisotopic (exact) mass is 224 g/mol. The summed E-state index contributed by atoms with van der Waals surface area (Å²) < 4.78 is 13.1. The molecule has 0 heterocycles. The summed E-state index contributed by atoms with van der Waals surface area (Å²) in [5, 5.41) is 3.26. The Labute approximate surface area is 97.0 Å². The van der Waals surface area contributed by atoms with Gasteiger partial charge >= 0.3 is 0 Å². The van der Waals surface area contributed by atoms with Gasteiger partial charge in [0.25, 0.3) is 0 Å². The number of unbranched alkanes of at least 4 members (excludes halogenated alkanes) is 2. The van der Waals surface area contributed by atoms with Crippen LogP contribution in [0.2, 0.25) is 0 Å². The Hall–Kier alpha value is -1.25. The highest BCUT2D eigenvalue weighted by molar-refractivity contribution is 5.54. The SMILES string of the molecule is CCCCCC(C)Nc1cc(N)cc(F)c1. The van der Waals surface area contributed by atoms with Gasteiger partial charge in [0, 0.05) is 17.4 Å². The predicted molar refractivity (Wildman–Crippen MR) is 68.0 cm³/mol. The molecule has 1 aromatic rings. The lowest BCUT2D eigenvalue weighted by atomic mass is 10.1. The molecule has 90 valence electrons. The Bertz CT molecular complexity index is 305. The van der Waals surface area contributed by atoms with Crippen LogP contribution >= 0.6 is 0 Å². The van der Waals surface area contributed by atoms with Crippen LogP contribution in [0.3, 0.4) is 0 Å². The fourth-order valence-corrected chi connectivity index (χ4v) is 1.75. The van der Waals surface area contributed by atoms with E-state index in [4.69, 9.17) is 5.73 Å². The van der Waals surface area contributed by atoms with E-state index in [-0.39, 0.29) is 5.82 Å². The topological polar surface area (TPSA) is 38.0 Å². The molecule has 1 atom stereocenters. The first-order valence-corrected chi connectivity index (χ1v) is 5.94. The van der Waals surface area contributed by atoms with Crippen molar-refractivity contribution in [3.63, 3.8) is 0 Å². The average molecular weight is 224 g/mol. The van der Waals surface area contributed by atoms with Crippen molar-refractivity contribution in [2.24, 2.45) is 0 Å².